The van der Waals surface area contributed by atoms with Crippen LogP contribution in [0.5, 0.6) is 0 Å². The Kier molecular flexibility index (Phi) is 28.3. The number of aryl methyl sites for hydroxylation is 2. The Balaban J connectivity index is 1.29. The van der Waals surface area contributed by atoms with E-state index in [1.807, 2.05) is 6.07 Å². The second-order valence-corrected chi connectivity index (χ2v) is 26.2. The Morgan fingerprint density at radius 2 is 1.38 bits per heavy atom. The highest BCUT2D eigenvalue weighted by Gasteiger charge is 2.38. The molecule has 12 atom stereocenters. The van der Waals surface area contributed by atoms with E-state index in [-0.39, 0.29) is 81.8 Å². The molecule has 1 aromatic carbocycles. The van der Waals surface area contributed by atoms with Crippen LogP contribution in [0.15, 0.2) is 55.2 Å². The maximum absolute atomic E-state index is 14.9. The summed E-state index contributed by atoms with van der Waals surface area (Å²) in [6.45, 7) is 5.08. The number of nitrogens with zero attached hydrogens (tertiary/aromatic N) is 5. The largest absolute Gasteiger partial charge is 0.481 e. The molecule has 1 fully saturated rings. The van der Waals surface area contributed by atoms with E-state index in [1.165, 1.54) is 31.2 Å². The van der Waals surface area contributed by atoms with Crippen molar-refractivity contribution in [3.63, 3.8) is 0 Å². The first kappa shape index (κ1) is 75.7. The van der Waals surface area contributed by atoms with Gasteiger partial charge in [0.05, 0.1) is 30.7 Å². The van der Waals surface area contributed by atoms with Gasteiger partial charge in [-0.25, -0.2) is 9.78 Å². The molecule has 1 saturated carbocycles. The third kappa shape index (κ3) is 23.3. The van der Waals surface area contributed by atoms with Crippen molar-refractivity contribution in [3.8, 4) is 0 Å². The molecule has 3 aliphatic rings. The van der Waals surface area contributed by atoms with Gasteiger partial charge in [0, 0.05) is 66.9 Å². The molecule has 4 bridgehead atoms. The highest BCUT2D eigenvalue weighted by atomic mass is 32.2. The number of aliphatic hydroxyl groups is 1. The zero-order valence-electron chi connectivity index (χ0n) is 55.1. The fourth-order valence-corrected chi connectivity index (χ4v) is 12.0. The fraction of sp³-hybridized carbons (Fsp3) is 0.571. The number of thioether (sulfide) groups is 1. The van der Waals surface area contributed by atoms with Crippen LogP contribution >= 0.6 is 11.8 Å². The number of aromatic nitrogens is 6. The van der Waals surface area contributed by atoms with Crippen molar-refractivity contribution in [1.29, 1.82) is 0 Å². The summed E-state index contributed by atoms with van der Waals surface area (Å²) in [7, 11) is 1.48. The quantitative estimate of drug-likeness (QED) is 0.0553. The van der Waals surface area contributed by atoms with Gasteiger partial charge in [0.15, 0.2) is 6.04 Å². The van der Waals surface area contributed by atoms with E-state index >= 15 is 0 Å². The van der Waals surface area contributed by atoms with Gasteiger partial charge in [0.2, 0.25) is 65.0 Å². The number of carbonyl (C=O) groups is 13. The lowest BCUT2D eigenvalue weighted by Gasteiger charge is -2.29. The molecule has 16 N–H and O–H groups in total. The van der Waals surface area contributed by atoms with Gasteiger partial charge in [-0.05, 0) is 101 Å². The number of carboxylic acid groups (broad SMARTS) is 2. The van der Waals surface area contributed by atoms with Crippen molar-refractivity contribution in [2.45, 2.75) is 190 Å². The summed E-state index contributed by atoms with van der Waals surface area (Å²) in [5.74, 6) is -13.6. The van der Waals surface area contributed by atoms with Crippen LogP contribution in [-0.4, -0.2) is 220 Å². The van der Waals surface area contributed by atoms with Gasteiger partial charge < -0.3 is 84.1 Å². The first-order valence-corrected chi connectivity index (χ1v) is 33.8. The number of carbonyl (C=O) groups excluding carboxylic acids is 11. The minimum absolute atomic E-state index is 0.000311. The first-order valence-electron chi connectivity index (χ1n) is 32.6. The van der Waals surface area contributed by atoms with Crippen molar-refractivity contribution in [2.75, 3.05) is 25.1 Å². The zero-order valence-corrected chi connectivity index (χ0v) is 55.9. The number of fused-ring (bicyclic) bond motifs is 7. The summed E-state index contributed by atoms with van der Waals surface area (Å²) in [5.41, 5.74) is 1.04. The highest BCUT2D eigenvalue weighted by Crippen LogP contribution is 2.33. The van der Waals surface area contributed by atoms with Crippen LogP contribution in [0.25, 0.3) is 10.8 Å². The van der Waals surface area contributed by atoms with E-state index in [2.05, 4.69) is 89.1 Å². The van der Waals surface area contributed by atoms with Gasteiger partial charge in [-0.3, -0.25) is 67.2 Å². The number of rotatable bonds is 15. The van der Waals surface area contributed by atoms with Gasteiger partial charge >= 0.3 is 11.9 Å². The maximum atomic E-state index is 14.9. The molecular formula is C63H88N18O16S. The molecule has 0 unspecified atom stereocenters. The SMILES string of the molecule is CN[C@H]1CSCC[C@@H](C(=O)N[C@H](C(=O)O)[C@@H](C)O)NC(=O)[C@H](Cc2cc3ccccc3cn2)NC(=O)[C@H](C(C)C)NC(=O)[C@@H]2CCCCn3cc(nn3)CC[C@H](NC(=O)[C@H](C)NC1=O)C(=O)N[C@@H](Cc1cnc[nH]1)C(=O)N[C@@H](CC1CC1)C(=O)NCC(=O)N[C@@H](CCC(=O)O)C(=O)N2. The number of imidazole rings is 1. The summed E-state index contributed by atoms with van der Waals surface area (Å²) in [6.07, 6.45) is 4.13. The van der Waals surface area contributed by atoms with Crippen molar-refractivity contribution in [1.82, 2.24) is 93.7 Å². The lowest BCUT2D eigenvalue weighted by Crippen LogP contribution is -2.61. The second-order valence-electron chi connectivity index (χ2n) is 25.1. The van der Waals surface area contributed by atoms with E-state index in [0.29, 0.717) is 22.5 Å². The molecule has 1 aliphatic carbocycles. The predicted molar refractivity (Wildman–Crippen MR) is 351 cm³/mol. The van der Waals surface area contributed by atoms with Gasteiger partial charge in [-0.2, -0.15) is 11.8 Å². The Morgan fingerprint density at radius 3 is 2.06 bits per heavy atom. The Labute approximate surface area is 568 Å². The summed E-state index contributed by atoms with van der Waals surface area (Å²) >= 11 is 1.12. The molecule has 2 aliphatic heterocycles. The van der Waals surface area contributed by atoms with Crippen molar-refractivity contribution in [2.24, 2.45) is 11.8 Å². The number of pyridine rings is 1. The number of hydrogen-bond acceptors (Lipinski definition) is 20. The molecule has 98 heavy (non-hydrogen) atoms. The van der Waals surface area contributed by atoms with Gasteiger partial charge in [0.1, 0.15) is 54.4 Å². The number of amides is 11. The number of H-pyrrole nitrogens is 1. The number of hydrogen-bond donors (Lipinski definition) is 16. The second kappa shape index (κ2) is 36.6. The molecule has 7 rings (SSSR count). The fourth-order valence-electron chi connectivity index (χ4n) is 10.9. The molecule has 11 amide bonds. The van der Waals surface area contributed by atoms with Gasteiger partial charge in [0.25, 0.3) is 0 Å². The zero-order chi connectivity index (χ0) is 71.2. The van der Waals surface area contributed by atoms with Crippen LogP contribution in [0.1, 0.15) is 109 Å². The van der Waals surface area contributed by atoms with Crippen molar-refractivity contribution < 1.29 is 77.6 Å². The van der Waals surface area contributed by atoms with Crippen molar-refractivity contribution >= 4 is 99.5 Å². The minimum Gasteiger partial charge on any atom is -0.481 e. The molecule has 0 spiro atoms. The molecular weight excluding hydrogens is 1300 g/mol. The van der Waals surface area contributed by atoms with Crippen LogP contribution in [0, 0.1) is 11.8 Å². The number of nitrogens with one attached hydrogen (secondary N) is 13. The van der Waals surface area contributed by atoms with Crippen molar-refractivity contribution in [3.05, 3.63) is 72.3 Å². The summed E-state index contributed by atoms with van der Waals surface area (Å²) in [5, 5.41) is 71.7. The molecule has 35 heteroatoms. The van der Waals surface area contributed by atoms with E-state index in [1.54, 1.807) is 50.5 Å². The lowest BCUT2D eigenvalue weighted by atomic mass is 10.00. The monoisotopic (exact) mass is 1380 g/mol. The summed E-state index contributed by atoms with van der Waals surface area (Å²) in [4.78, 5) is 194. The third-order valence-corrected chi connectivity index (χ3v) is 17.9. The molecule has 0 saturated heterocycles. The Bertz CT molecular complexity index is 3500. The normalized spacial score (nSPS) is 25.5. The smallest absolute Gasteiger partial charge is 0.328 e. The Morgan fingerprint density at radius 1 is 0.704 bits per heavy atom. The molecule has 5 heterocycles. The standard InChI is InChI=1S/C63H88N18O16S/c1-32(2)51-62(95)76-46(24-39-23-36-10-6-7-11-37(36)26-66-39)59(92)73-44(58(91)78-52(34(4)82)63(96)97)19-21-98-30-48(64-5)61(94)69-33(3)53(86)71-43-16-15-38-29-81(80-79-38)20-9-8-12-41(57(90)77-51)72-55(88)42(17-18-50(84)85)70-49(83)28-67-54(87)45(22-35-13-14-35)74-60(93)47(75-56(43)89)25-40-27-65-31-68-40/h6-7,10-11,23,26-27,29,31-35,41-48,51-52,64,82H,8-9,12-22,24-25,28,30H2,1-5H3,(H,65,68)(H,67,87)(H,69,94)(H,70,83)(H,71,86)(H,72,88)(H,73,92)(H,74,93)(H,75,89)(H,76,95)(H,77,90)(H,78,91)(H,84,85)(H,96,97)/t33-,34+,41-,42-,43-,44-,45-,46-,47-,48-,51-,52-/m0/s1. The van der Waals surface area contributed by atoms with E-state index < -0.39 is 175 Å². The minimum atomic E-state index is -1.84. The number of aliphatic carboxylic acids is 2. The highest BCUT2D eigenvalue weighted by molar-refractivity contribution is 7.99. The maximum Gasteiger partial charge on any atom is 0.328 e. The summed E-state index contributed by atoms with van der Waals surface area (Å²) in [6, 6.07) is -7.18. The first-order chi connectivity index (χ1) is 46.7. The van der Waals surface area contributed by atoms with E-state index in [0.717, 1.165) is 36.9 Å². The van der Waals surface area contributed by atoms with Crippen LogP contribution in [-0.2, 0) is 88.1 Å². The number of carboxylic acids is 2. The number of aromatic amines is 1. The summed E-state index contributed by atoms with van der Waals surface area (Å²) < 4.78 is 1.48. The van der Waals surface area contributed by atoms with Crippen LogP contribution < -0.4 is 63.8 Å². The average Bonchev–Trinajstić information content (AvgIpc) is 1.40. The number of aliphatic hydroxyl groups excluding tert-OH is 1. The van der Waals surface area contributed by atoms with Crippen LogP contribution in [0.3, 0.4) is 0 Å². The van der Waals surface area contributed by atoms with Crippen LogP contribution in [0.4, 0.5) is 0 Å². The molecule has 0 radical (unpaired) electrons. The molecule has 4 aromatic rings. The van der Waals surface area contributed by atoms with Gasteiger partial charge in [-0.15, -0.1) is 5.10 Å². The van der Waals surface area contributed by atoms with E-state index in [9.17, 15) is 77.6 Å². The predicted octanol–water partition coefficient (Wildman–Crippen LogP) is -3.35. The average molecular weight is 1390 g/mol. The molecule has 3 aromatic heterocycles. The molecule has 532 valence electrons. The number of benzene rings is 1. The lowest BCUT2D eigenvalue weighted by molar-refractivity contribution is -0.145. The third-order valence-electron chi connectivity index (χ3n) is 16.8. The van der Waals surface area contributed by atoms with E-state index in [4.69, 9.17) is 0 Å². The van der Waals surface area contributed by atoms with Crippen LogP contribution in [0.2, 0.25) is 0 Å². The van der Waals surface area contributed by atoms with Gasteiger partial charge in [-0.1, -0.05) is 56.2 Å². The number of likely N-dealkylation sites (N-methyl/N-ethyl adjacent to an activating group) is 1. The topological polar surface area (TPSA) is 499 Å². The Hall–Kier alpha value is -9.64. The molecule has 34 nitrogen and oxygen atoms in total.